The van der Waals surface area contributed by atoms with Gasteiger partial charge in [0.25, 0.3) is 0 Å². The summed E-state index contributed by atoms with van der Waals surface area (Å²) in [7, 11) is 1.69. The molecule has 5 nitrogen and oxygen atoms in total. The minimum atomic E-state index is -1.01. The maximum Gasteiger partial charge on any atom is 0.372 e. The van der Waals surface area contributed by atoms with Gasteiger partial charge in [-0.2, -0.15) is 0 Å². The highest BCUT2D eigenvalue weighted by Crippen LogP contribution is 2.19. The van der Waals surface area contributed by atoms with Crippen molar-refractivity contribution in [3.63, 3.8) is 0 Å². The van der Waals surface area contributed by atoms with Crippen molar-refractivity contribution in [1.29, 1.82) is 0 Å². The van der Waals surface area contributed by atoms with Gasteiger partial charge >= 0.3 is 5.97 Å². The first-order valence-corrected chi connectivity index (χ1v) is 7.09. The third-order valence-electron chi connectivity index (χ3n) is 3.56. The molecule has 20 heavy (non-hydrogen) atoms. The van der Waals surface area contributed by atoms with Crippen LogP contribution in [0.5, 0.6) is 0 Å². The molecule has 0 aliphatic carbocycles. The summed E-state index contributed by atoms with van der Waals surface area (Å²) in [5.74, 6) is -0.279. The van der Waals surface area contributed by atoms with Crippen molar-refractivity contribution in [3.8, 4) is 0 Å². The van der Waals surface area contributed by atoms with Gasteiger partial charge in [0, 0.05) is 25.3 Å². The van der Waals surface area contributed by atoms with Crippen molar-refractivity contribution in [2.75, 3.05) is 20.3 Å². The van der Waals surface area contributed by atoms with E-state index in [1.807, 2.05) is 6.07 Å². The van der Waals surface area contributed by atoms with E-state index in [0.29, 0.717) is 30.5 Å². The molecule has 1 heterocycles. The first-order chi connectivity index (χ1) is 9.53. The molecule has 0 fully saturated rings. The molecule has 5 heteroatoms. The number of rotatable bonds is 9. The van der Waals surface area contributed by atoms with Crippen LogP contribution >= 0.6 is 0 Å². The van der Waals surface area contributed by atoms with E-state index in [0.717, 1.165) is 19.4 Å². The minimum absolute atomic E-state index is 0.0382. The number of methoxy groups -OCH3 is 1. The molecular formula is C15H25NO4. The van der Waals surface area contributed by atoms with Crippen molar-refractivity contribution < 1.29 is 19.1 Å². The summed E-state index contributed by atoms with van der Waals surface area (Å²) in [6.45, 7) is 8.15. The standard InChI is InChI=1S/C15H25NO4/c1-5-12(6-2)16(7-8-19-4)10-13-9-11(3)14(20-13)15(17)18/h9,12H,5-8,10H2,1-4H3,(H,17,18). The van der Waals surface area contributed by atoms with E-state index in [-0.39, 0.29) is 5.76 Å². The molecule has 0 aliphatic heterocycles. The van der Waals surface area contributed by atoms with E-state index in [2.05, 4.69) is 18.7 Å². The number of carbonyl (C=O) groups is 1. The van der Waals surface area contributed by atoms with Crippen molar-refractivity contribution in [3.05, 3.63) is 23.2 Å². The molecule has 1 aromatic rings. The van der Waals surface area contributed by atoms with Crippen molar-refractivity contribution in [2.24, 2.45) is 0 Å². The Morgan fingerprint density at radius 3 is 2.55 bits per heavy atom. The molecule has 0 radical (unpaired) electrons. The smallest absolute Gasteiger partial charge is 0.372 e. The zero-order valence-corrected chi connectivity index (χ0v) is 12.8. The Balaban J connectivity index is 2.82. The number of carboxylic acids is 1. The van der Waals surface area contributed by atoms with Gasteiger partial charge in [-0.15, -0.1) is 0 Å². The van der Waals surface area contributed by atoms with Gasteiger partial charge in [-0.1, -0.05) is 13.8 Å². The number of hydrogen-bond acceptors (Lipinski definition) is 4. The molecular weight excluding hydrogens is 258 g/mol. The van der Waals surface area contributed by atoms with E-state index >= 15 is 0 Å². The van der Waals surface area contributed by atoms with E-state index in [1.54, 1.807) is 14.0 Å². The van der Waals surface area contributed by atoms with Crippen molar-refractivity contribution in [2.45, 2.75) is 46.2 Å². The molecule has 0 aliphatic rings. The summed E-state index contributed by atoms with van der Waals surface area (Å²) in [6.07, 6.45) is 2.09. The quantitative estimate of drug-likeness (QED) is 0.755. The zero-order valence-electron chi connectivity index (χ0n) is 12.8. The molecule has 1 N–H and O–H groups in total. The third kappa shape index (κ3) is 4.35. The van der Waals surface area contributed by atoms with Gasteiger partial charge in [0.2, 0.25) is 5.76 Å². The van der Waals surface area contributed by atoms with E-state index in [1.165, 1.54) is 0 Å². The summed E-state index contributed by atoms with van der Waals surface area (Å²) in [4.78, 5) is 13.3. The van der Waals surface area contributed by atoms with Crippen LogP contribution in [0, 0.1) is 6.92 Å². The molecule has 0 aromatic carbocycles. The fourth-order valence-corrected chi connectivity index (χ4v) is 2.44. The molecule has 0 amide bonds. The average molecular weight is 283 g/mol. The molecule has 1 rings (SSSR count). The summed E-state index contributed by atoms with van der Waals surface area (Å²) < 4.78 is 10.6. The van der Waals surface area contributed by atoms with E-state index in [4.69, 9.17) is 14.3 Å². The second-order valence-corrected chi connectivity index (χ2v) is 4.96. The number of aromatic carboxylic acids is 1. The zero-order chi connectivity index (χ0) is 15.1. The Morgan fingerprint density at radius 2 is 2.10 bits per heavy atom. The van der Waals surface area contributed by atoms with Gasteiger partial charge in [0.1, 0.15) is 5.76 Å². The van der Waals surface area contributed by atoms with Crippen LogP contribution in [-0.2, 0) is 11.3 Å². The fraction of sp³-hybridized carbons (Fsp3) is 0.667. The second-order valence-electron chi connectivity index (χ2n) is 4.96. The van der Waals surface area contributed by atoms with Crippen LogP contribution in [0.4, 0.5) is 0 Å². The van der Waals surface area contributed by atoms with Gasteiger partial charge in [-0.3, -0.25) is 4.90 Å². The monoisotopic (exact) mass is 283 g/mol. The summed E-state index contributed by atoms with van der Waals surface area (Å²) in [6, 6.07) is 2.26. The Labute approximate surface area is 120 Å². The third-order valence-corrected chi connectivity index (χ3v) is 3.56. The maximum absolute atomic E-state index is 11.0. The predicted octanol–water partition coefficient (Wildman–Crippen LogP) is 2.92. The Morgan fingerprint density at radius 1 is 1.45 bits per heavy atom. The lowest BCUT2D eigenvalue weighted by Gasteiger charge is -2.29. The summed E-state index contributed by atoms with van der Waals surface area (Å²) in [5, 5.41) is 9.03. The van der Waals surface area contributed by atoms with Crippen LogP contribution in [-0.4, -0.2) is 42.3 Å². The molecule has 0 unspecified atom stereocenters. The molecule has 114 valence electrons. The highest BCUT2D eigenvalue weighted by atomic mass is 16.5. The van der Waals surface area contributed by atoms with Crippen LogP contribution in [0.25, 0.3) is 0 Å². The van der Waals surface area contributed by atoms with Crippen LogP contribution in [0.3, 0.4) is 0 Å². The van der Waals surface area contributed by atoms with Gasteiger partial charge < -0.3 is 14.3 Å². The Bertz CT molecular complexity index is 424. The lowest BCUT2D eigenvalue weighted by atomic mass is 10.1. The number of furan rings is 1. The highest BCUT2D eigenvalue weighted by molar-refractivity contribution is 5.86. The van der Waals surface area contributed by atoms with Gasteiger partial charge in [0.05, 0.1) is 13.2 Å². The molecule has 1 aromatic heterocycles. The molecule has 0 atom stereocenters. The number of ether oxygens (including phenoxy) is 1. The topological polar surface area (TPSA) is 62.9 Å². The van der Waals surface area contributed by atoms with Crippen molar-refractivity contribution in [1.82, 2.24) is 4.90 Å². The molecule has 0 saturated heterocycles. The van der Waals surface area contributed by atoms with Crippen LogP contribution in [0.15, 0.2) is 10.5 Å². The largest absolute Gasteiger partial charge is 0.475 e. The van der Waals surface area contributed by atoms with Crippen molar-refractivity contribution >= 4 is 5.97 Å². The molecule has 0 spiro atoms. The SMILES string of the molecule is CCC(CC)N(CCOC)Cc1cc(C)c(C(=O)O)o1. The maximum atomic E-state index is 11.0. The van der Waals surface area contributed by atoms with E-state index < -0.39 is 5.97 Å². The van der Waals surface area contributed by atoms with Gasteiger partial charge in [-0.05, 0) is 25.8 Å². The van der Waals surface area contributed by atoms with Crippen LogP contribution in [0.2, 0.25) is 0 Å². The van der Waals surface area contributed by atoms with Crippen LogP contribution in [0.1, 0.15) is 48.6 Å². The molecule has 0 saturated carbocycles. The normalized spacial score (nSPS) is 11.5. The first kappa shape index (κ1) is 16.7. The van der Waals surface area contributed by atoms with Gasteiger partial charge in [-0.25, -0.2) is 4.79 Å². The van der Waals surface area contributed by atoms with Crippen LogP contribution < -0.4 is 0 Å². The fourth-order valence-electron chi connectivity index (χ4n) is 2.44. The number of hydrogen-bond donors (Lipinski definition) is 1. The summed E-state index contributed by atoms with van der Waals surface area (Å²) >= 11 is 0. The Hall–Kier alpha value is -1.33. The first-order valence-electron chi connectivity index (χ1n) is 7.09. The number of carboxylic acid groups (broad SMARTS) is 1. The second kappa shape index (κ2) is 8.07. The van der Waals surface area contributed by atoms with E-state index in [9.17, 15) is 4.79 Å². The lowest BCUT2D eigenvalue weighted by Crippen LogP contribution is -2.36. The molecule has 0 bridgehead atoms. The predicted molar refractivity (Wildman–Crippen MR) is 77.1 cm³/mol. The average Bonchev–Trinajstić information content (AvgIpc) is 2.78. The number of aryl methyl sites for hydroxylation is 1. The Kier molecular flexibility index (Phi) is 6.75. The minimum Gasteiger partial charge on any atom is -0.475 e. The number of nitrogens with zero attached hydrogens (tertiary/aromatic N) is 1. The lowest BCUT2D eigenvalue weighted by molar-refractivity contribution is 0.0652. The van der Waals surface area contributed by atoms with Gasteiger partial charge in [0.15, 0.2) is 0 Å². The summed E-state index contributed by atoms with van der Waals surface area (Å²) in [5.41, 5.74) is 0.670. The highest BCUT2D eigenvalue weighted by Gasteiger charge is 2.19.